The van der Waals surface area contributed by atoms with E-state index in [0.717, 1.165) is 5.56 Å². The lowest BCUT2D eigenvalue weighted by Crippen LogP contribution is -2.54. The second-order valence-electron chi connectivity index (χ2n) is 7.98. The summed E-state index contributed by atoms with van der Waals surface area (Å²) in [5.74, 6) is -1.14. The molecule has 0 aliphatic heterocycles. The summed E-state index contributed by atoms with van der Waals surface area (Å²) in [6.45, 7) is 8.86. The molecule has 0 spiro atoms. The molecule has 0 aromatic heterocycles. The van der Waals surface area contributed by atoms with Crippen LogP contribution in [0.4, 0.5) is 4.79 Å². The van der Waals surface area contributed by atoms with Crippen LogP contribution in [0.25, 0.3) is 0 Å². The van der Waals surface area contributed by atoms with E-state index in [0.29, 0.717) is 12.8 Å². The van der Waals surface area contributed by atoms with Gasteiger partial charge in [-0.3, -0.25) is 4.79 Å². The molecule has 28 heavy (non-hydrogen) atoms. The number of hydrogen-bond acceptors (Lipinski definition) is 5. The highest BCUT2D eigenvalue weighted by Gasteiger charge is 2.30. The highest BCUT2D eigenvalue weighted by Crippen LogP contribution is 2.11. The summed E-state index contributed by atoms with van der Waals surface area (Å²) in [6.07, 6.45) is 0.264. The van der Waals surface area contributed by atoms with Gasteiger partial charge in [0.15, 0.2) is 0 Å². The molecule has 0 radical (unpaired) electrons. The molecule has 1 aromatic carbocycles. The Balaban J connectivity index is 2.89. The first kappa shape index (κ1) is 23.5. The quantitative estimate of drug-likeness (QED) is 0.664. The average Bonchev–Trinajstić information content (AvgIpc) is 2.61. The first-order chi connectivity index (χ1) is 13.0. The summed E-state index contributed by atoms with van der Waals surface area (Å²) in [6, 6.07) is 8.01. The van der Waals surface area contributed by atoms with Gasteiger partial charge >= 0.3 is 12.1 Å². The van der Waals surface area contributed by atoms with Crippen LogP contribution in [0, 0.1) is 5.92 Å². The van der Waals surface area contributed by atoms with Crippen molar-refractivity contribution in [2.45, 2.75) is 65.1 Å². The highest BCUT2D eigenvalue weighted by atomic mass is 16.6. The summed E-state index contributed by atoms with van der Waals surface area (Å²) < 4.78 is 10.0. The Labute approximate surface area is 167 Å². The highest BCUT2D eigenvalue weighted by molar-refractivity contribution is 5.89. The molecule has 7 heteroatoms. The molecule has 7 nitrogen and oxygen atoms in total. The van der Waals surface area contributed by atoms with Crippen molar-refractivity contribution in [3.8, 4) is 0 Å². The van der Waals surface area contributed by atoms with E-state index in [9.17, 15) is 14.4 Å². The number of nitrogens with one attached hydrogen (secondary N) is 2. The van der Waals surface area contributed by atoms with Gasteiger partial charge < -0.3 is 20.1 Å². The van der Waals surface area contributed by atoms with Crippen molar-refractivity contribution >= 4 is 18.0 Å². The van der Waals surface area contributed by atoms with Crippen LogP contribution in [0.1, 0.15) is 46.6 Å². The number of ether oxygens (including phenoxy) is 2. The van der Waals surface area contributed by atoms with Crippen LogP contribution in [0.2, 0.25) is 0 Å². The van der Waals surface area contributed by atoms with Crippen molar-refractivity contribution in [2.24, 2.45) is 5.92 Å². The number of methoxy groups -OCH3 is 1. The van der Waals surface area contributed by atoms with Crippen molar-refractivity contribution in [2.75, 3.05) is 7.11 Å². The van der Waals surface area contributed by atoms with Gasteiger partial charge in [0.1, 0.15) is 17.7 Å². The van der Waals surface area contributed by atoms with E-state index >= 15 is 0 Å². The summed E-state index contributed by atoms with van der Waals surface area (Å²) in [4.78, 5) is 37.0. The van der Waals surface area contributed by atoms with Crippen LogP contribution in [-0.4, -0.2) is 42.8 Å². The lowest BCUT2D eigenvalue weighted by atomic mass is 10.0. The minimum atomic E-state index is -0.846. The Morgan fingerprint density at radius 3 is 2.14 bits per heavy atom. The van der Waals surface area contributed by atoms with Gasteiger partial charge in [0.05, 0.1) is 7.11 Å². The fraction of sp³-hybridized carbons (Fsp3) is 0.571. The Morgan fingerprint density at radius 2 is 1.64 bits per heavy atom. The van der Waals surface area contributed by atoms with Gasteiger partial charge in [0, 0.05) is 0 Å². The molecule has 2 atom stereocenters. The first-order valence-electron chi connectivity index (χ1n) is 9.45. The van der Waals surface area contributed by atoms with E-state index in [1.807, 2.05) is 44.2 Å². The number of hydrogen-bond donors (Lipinski definition) is 2. The number of amides is 2. The Morgan fingerprint density at radius 1 is 1.04 bits per heavy atom. The summed E-state index contributed by atoms with van der Waals surface area (Å²) in [5, 5.41) is 5.31. The van der Waals surface area contributed by atoms with Crippen molar-refractivity contribution in [1.29, 1.82) is 0 Å². The van der Waals surface area contributed by atoms with Crippen molar-refractivity contribution in [1.82, 2.24) is 10.6 Å². The van der Waals surface area contributed by atoms with Gasteiger partial charge in [0.2, 0.25) is 5.91 Å². The predicted molar refractivity (Wildman–Crippen MR) is 107 cm³/mol. The van der Waals surface area contributed by atoms with Gasteiger partial charge in [0.25, 0.3) is 0 Å². The summed E-state index contributed by atoms with van der Waals surface area (Å²) in [7, 11) is 1.27. The normalized spacial score (nSPS) is 13.4. The predicted octanol–water partition coefficient (Wildman–Crippen LogP) is 2.83. The second-order valence-corrected chi connectivity index (χ2v) is 7.98. The van der Waals surface area contributed by atoms with E-state index in [1.54, 1.807) is 20.8 Å². The molecule has 0 aliphatic carbocycles. The molecule has 0 fully saturated rings. The number of aryl methyl sites for hydroxylation is 1. The van der Waals surface area contributed by atoms with Gasteiger partial charge in [-0.05, 0) is 45.1 Å². The zero-order valence-corrected chi connectivity index (χ0v) is 17.6. The number of benzene rings is 1. The van der Waals surface area contributed by atoms with E-state index in [-0.39, 0.29) is 5.92 Å². The summed E-state index contributed by atoms with van der Waals surface area (Å²) in [5.41, 5.74) is 0.358. The fourth-order valence-electron chi connectivity index (χ4n) is 2.55. The topological polar surface area (TPSA) is 93.7 Å². The standard InChI is InChI=1S/C21H32N2O5/c1-14(2)17(19(25)27-6)23-18(24)16(22-20(26)28-21(3,4)5)13-12-15-10-8-7-9-11-15/h7-11,14,16-17H,12-13H2,1-6H3,(H,22,26)(H,23,24). The minimum absolute atomic E-state index is 0.160. The van der Waals surface area contributed by atoms with Crippen molar-refractivity contribution in [3.05, 3.63) is 35.9 Å². The maximum Gasteiger partial charge on any atom is 0.408 e. The van der Waals surface area contributed by atoms with Crippen LogP contribution >= 0.6 is 0 Å². The van der Waals surface area contributed by atoms with Gasteiger partial charge in [-0.2, -0.15) is 0 Å². The molecule has 0 heterocycles. The smallest absolute Gasteiger partial charge is 0.408 e. The molecule has 0 saturated carbocycles. The molecule has 2 amide bonds. The molecule has 2 unspecified atom stereocenters. The van der Waals surface area contributed by atoms with Crippen LogP contribution in [0.3, 0.4) is 0 Å². The zero-order chi connectivity index (χ0) is 21.3. The van der Waals surface area contributed by atoms with E-state index in [4.69, 9.17) is 9.47 Å². The molecule has 0 saturated heterocycles. The number of carbonyl (C=O) groups is 3. The minimum Gasteiger partial charge on any atom is -0.467 e. The van der Waals surface area contributed by atoms with Crippen molar-refractivity contribution in [3.63, 3.8) is 0 Å². The molecule has 0 aliphatic rings. The van der Waals surface area contributed by atoms with Crippen LogP contribution in [0.15, 0.2) is 30.3 Å². The largest absolute Gasteiger partial charge is 0.467 e. The molecular weight excluding hydrogens is 360 g/mol. The fourth-order valence-corrected chi connectivity index (χ4v) is 2.55. The SMILES string of the molecule is COC(=O)C(NC(=O)C(CCc1ccccc1)NC(=O)OC(C)(C)C)C(C)C. The molecule has 1 rings (SSSR count). The van der Waals surface area contributed by atoms with E-state index in [2.05, 4.69) is 10.6 Å². The lowest BCUT2D eigenvalue weighted by molar-refractivity contribution is -0.146. The van der Waals surface area contributed by atoms with Gasteiger partial charge in [-0.15, -0.1) is 0 Å². The Bertz CT molecular complexity index is 653. The number of rotatable bonds is 8. The third-order valence-electron chi connectivity index (χ3n) is 3.99. The monoisotopic (exact) mass is 392 g/mol. The Hall–Kier alpha value is -2.57. The molecule has 2 N–H and O–H groups in total. The molecule has 1 aromatic rings. The third kappa shape index (κ3) is 8.41. The second kappa shape index (κ2) is 10.7. The van der Waals surface area contributed by atoms with Crippen LogP contribution in [-0.2, 0) is 25.5 Å². The van der Waals surface area contributed by atoms with Gasteiger partial charge in [-0.25, -0.2) is 9.59 Å². The number of alkyl carbamates (subject to hydrolysis) is 1. The summed E-state index contributed by atoms with van der Waals surface area (Å²) >= 11 is 0. The van der Waals surface area contributed by atoms with Crippen molar-refractivity contribution < 1.29 is 23.9 Å². The van der Waals surface area contributed by atoms with Gasteiger partial charge in [-0.1, -0.05) is 44.2 Å². The number of esters is 1. The molecule has 0 bridgehead atoms. The van der Waals surface area contributed by atoms with E-state index < -0.39 is 35.7 Å². The van der Waals surface area contributed by atoms with E-state index in [1.165, 1.54) is 7.11 Å². The molecule has 156 valence electrons. The average molecular weight is 392 g/mol. The first-order valence-corrected chi connectivity index (χ1v) is 9.45. The number of carbonyl (C=O) groups excluding carboxylic acids is 3. The lowest BCUT2D eigenvalue weighted by Gasteiger charge is -2.26. The maximum atomic E-state index is 12.8. The maximum absolute atomic E-state index is 12.8. The third-order valence-corrected chi connectivity index (χ3v) is 3.99. The van der Waals surface area contributed by atoms with Crippen LogP contribution < -0.4 is 10.6 Å². The Kier molecular flexibility index (Phi) is 8.96. The zero-order valence-electron chi connectivity index (χ0n) is 17.6. The molecular formula is C21H32N2O5. The van der Waals surface area contributed by atoms with Crippen LogP contribution in [0.5, 0.6) is 0 Å².